The third-order valence-electron chi connectivity index (χ3n) is 5.89. The average molecular weight is 401 g/mol. The first-order valence-corrected chi connectivity index (χ1v) is 11.0. The van der Waals surface area contributed by atoms with Gasteiger partial charge in [0.05, 0.1) is 0 Å². The number of nitrogens with zero attached hydrogens (tertiary/aromatic N) is 1. The number of likely N-dealkylation sites (tertiary alicyclic amines) is 1. The van der Waals surface area contributed by atoms with Crippen LogP contribution in [0.4, 0.5) is 0 Å². The highest BCUT2D eigenvalue weighted by Crippen LogP contribution is 2.38. The van der Waals surface area contributed by atoms with E-state index in [9.17, 15) is 4.79 Å². The molecule has 0 atom stereocenters. The molecule has 1 aliphatic carbocycles. The molecular formula is C27H32N2O. The SMILES string of the molecule is CC(C)(C)NC(=O)CCN1CCC(=C2c3ccccc3C=Cc3ccccc32)CC1. The van der Waals surface area contributed by atoms with Crippen LogP contribution in [-0.2, 0) is 4.79 Å². The minimum absolute atomic E-state index is 0.143. The van der Waals surface area contributed by atoms with Gasteiger partial charge in [-0.15, -0.1) is 0 Å². The second-order valence-corrected chi connectivity index (χ2v) is 9.38. The molecule has 1 aliphatic heterocycles. The summed E-state index contributed by atoms with van der Waals surface area (Å²) in [5.74, 6) is 0.143. The number of amides is 1. The molecule has 1 saturated heterocycles. The minimum atomic E-state index is -0.162. The van der Waals surface area contributed by atoms with Gasteiger partial charge in [-0.25, -0.2) is 0 Å². The lowest BCUT2D eigenvalue weighted by Gasteiger charge is -2.30. The molecule has 0 aromatic heterocycles. The molecular weight excluding hydrogens is 368 g/mol. The van der Waals surface area contributed by atoms with Crippen molar-refractivity contribution < 1.29 is 4.79 Å². The number of hydrogen-bond acceptors (Lipinski definition) is 2. The Bertz CT molecular complexity index is 932. The van der Waals surface area contributed by atoms with E-state index in [1.807, 2.05) is 20.8 Å². The Labute approximate surface area is 180 Å². The number of hydrogen-bond donors (Lipinski definition) is 1. The molecule has 2 aliphatic rings. The van der Waals surface area contributed by atoms with Crippen LogP contribution >= 0.6 is 0 Å². The Balaban J connectivity index is 1.53. The van der Waals surface area contributed by atoms with Gasteiger partial charge < -0.3 is 10.2 Å². The third kappa shape index (κ3) is 4.73. The first-order chi connectivity index (χ1) is 14.4. The molecule has 3 nitrogen and oxygen atoms in total. The lowest BCUT2D eigenvalue weighted by molar-refractivity contribution is -0.122. The van der Waals surface area contributed by atoms with Crippen LogP contribution in [0.2, 0.25) is 0 Å². The number of fused-ring (bicyclic) bond motifs is 2. The normalized spacial score (nSPS) is 16.6. The molecule has 2 aromatic rings. The first-order valence-electron chi connectivity index (χ1n) is 11.0. The average Bonchev–Trinajstić information content (AvgIpc) is 2.88. The van der Waals surface area contributed by atoms with Gasteiger partial charge in [0.2, 0.25) is 5.91 Å². The summed E-state index contributed by atoms with van der Waals surface area (Å²) in [6.07, 6.45) is 7.16. The topological polar surface area (TPSA) is 32.3 Å². The predicted octanol–water partition coefficient (Wildman–Crippen LogP) is 5.37. The van der Waals surface area contributed by atoms with Crippen molar-refractivity contribution in [3.8, 4) is 0 Å². The zero-order valence-corrected chi connectivity index (χ0v) is 18.4. The first kappa shape index (κ1) is 20.6. The van der Waals surface area contributed by atoms with Gasteiger partial charge in [0.25, 0.3) is 0 Å². The van der Waals surface area contributed by atoms with Gasteiger partial charge in [-0.3, -0.25) is 4.79 Å². The van der Waals surface area contributed by atoms with Crippen LogP contribution in [0.3, 0.4) is 0 Å². The third-order valence-corrected chi connectivity index (χ3v) is 5.89. The van der Waals surface area contributed by atoms with Crippen LogP contribution in [0, 0.1) is 0 Å². The van der Waals surface area contributed by atoms with Gasteiger partial charge in [0.1, 0.15) is 0 Å². The maximum absolute atomic E-state index is 12.2. The van der Waals surface area contributed by atoms with E-state index in [0.717, 1.165) is 32.5 Å². The van der Waals surface area contributed by atoms with Gasteiger partial charge >= 0.3 is 0 Å². The monoisotopic (exact) mass is 400 g/mol. The lowest BCUT2D eigenvalue weighted by Crippen LogP contribution is -2.42. The van der Waals surface area contributed by atoms with Gasteiger partial charge in [-0.2, -0.15) is 0 Å². The number of piperidine rings is 1. The Morgan fingerprint density at radius 3 is 1.97 bits per heavy atom. The highest BCUT2D eigenvalue weighted by atomic mass is 16.1. The van der Waals surface area contributed by atoms with E-state index >= 15 is 0 Å². The Morgan fingerprint density at radius 1 is 0.900 bits per heavy atom. The maximum Gasteiger partial charge on any atom is 0.221 e. The summed E-state index contributed by atoms with van der Waals surface area (Å²) in [5, 5.41) is 3.07. The van der Waals surface area contributed by atoms with E-state index in [-0.39, 0.29) is 11.4 Å². The molecule has 3 heteroatoms. The molecule has 0 radical (unpaired) electrons. The van der Waals surface area contributed by atoms with E-state index in [4.69, 9.17) is 0 Å². The molecule has 1 heterocycles. The van der Waals surface area contributed by atoms with E-state index in [1.54, 1.807) is 0 Å². The lowest BCUT2D eigenvalue weighted by atomic mass is 9.86. The molecule has 4 rings (SSSR count). The van der Waals surface area contributed by atoms with Crippen LogP contribution in [0.15, 0.2) is 54.1 Å². The summed E-state index contributed by atoms with van der Waals surface area (Å²) in [6.45, 7) is 8.95. The fourth-order valence-corrected chi connectivity index (χ4v) is 4.48. The molecule has 1 amide bonds. The van der Waals surface area contributed by atoms with Crippen molar-refractivity contribution >= 4 is 23.6 Å². The van der Waals surface area contributed by atoms with Crippen LogP contribution in [0.1, 0.15) is 62.3 Å². The number of benzene rings is 2. The van der Waals surface area contributed by atoms with Crippen molar-refractivity contribution in [3.05, 3.63) is 76.4 Å². The number of nitrogens with one attached hydrogen (secondary N) is 1. The van der Waals surface area contributed by atoms with Crippen molar-refractivity contribution in [1.29, 1.82) is 0 Å². The second kappa shape index (κ2) is 8.61. The predicted molar refractivity (Wildman–Crippen MR) is 126 cm³/mol. The Morgan fingerprint density at radius 2 is 1.43 bits per heavy atom. The molecule has 1 fully saturated rings. The van der Waals surface area contributed by atoms with Crippen molar-refractivity contribution in [2.45, 2.75) is 45.6 Å². The highest BCUT2D eigenvalue weighted by Gasteiger charge is 2.23. The van der Waals surface area contributed by atoms with Crippen molar-refractivity contribution in [3.63, 3.8) is 0 Å². The molecule has 0 bridgehead atoms. The van der Waals surface area contributed by atoms with Gasteiger partial charge in [0.15, 0.2) is 0 Å². The molecule has 0 saturated carbocycles. The second-order valence-electron chi connectivity index (χ2n) is 9.38. The fourth-order valence-electron chi connectivity index (χ4n) is 4.48. The van der Waals surface area contributed by atoms with Crippen molar-refractivity contribution in [1.82, 2.24) is 10.2 Å². The summed E-state index contributed by atoms with van der Waals surface area (Å²) >= 11 is 0. The number of carbonyl (C=O) groups is 1. The maximum atomic E-state index is 12.2. The summed E-state index contributed by atoms with van der Waals surface area (Å²) < 4.78 is 0. The zero-order chi connectivity index (χ0) is 21.1. The largest absolute Gasteiger partial charge is 0.351 e. The Hall–Kier alpha value is -2.65. The molecule has 1 N–H and O–H groups in total. The standard InChI is InChI=1S/C27H32N2O/c1-27(2,3)28-25(30)16-19-29-17-14-22(15-18-29)26-23-10-6-4-8-20(23)12-13-21-9-5-7-11-24(21)26/h4-13H,14-19H2,1-3H3,(H,28,30). The van der Waals surface area contributed by atoms with E-state index in [2.05, 4.69) is 70.9 Å². The van der Waals surface area contributed by atoms with Gasteiger partial charge in [0, 0.05) is 31.6 Å². The van der Waals surface area contributed by atoms with Gasteiger partial charge in [-0.1, -0.05) is 66.3 Å². The van der Waals surface area contributed by atoms with E-state index in [1.165, 1.54) is 33.4 Å². The quantitative estimate of drug-likeness (QED) is 0.641. The van der Waals surface area contributed by atoms with Crippen LogP contribution in [0.25, 0.3) is 17.7 Å². The van der Waals surface area contributed by atoms with Crippen LogP contribution < -0.4 is 5.32 Å². The molecule has 156 valence electrons. The van der Waals surface area contributed by atoms with E-state index < -0.39 is 0 Å². The van der Waals surface area contributed by atoms with E-state index in [0.29, 0.717) is 6.42 Å². The molecule has 0 spiro atoms. The summed E-state index contributed by atoms with van der Waals surface area (Å²) in [5.41, 5.74) is 8.05. The van der Waals surface area contributed by atoms with Crippen molar-refractivity contribution in [2.75, 3.05) is 19.6 Å². The summed E-state index contributed by atoms with van der Waals surface area (Å²) in [4.78, 5) is 14.6. The fraction of sp³-hybridized carbons (Fsp3) is 0.370. The van der Waals surface area contributed by atoms with Crippen molar-refractivity contribution in [2.24, 2.45) is 0 Å². The van der Waals surface area contributed by atoms with Crippen LogP contribution in [0.5, 0.6) is 0 Å². The Kier molecular flexibility index (Phi) is 5.92. The summed E-state index contributed by atoms with van der Waals surface area (Å²) in [6, 6.07) is 17.5. The smallest absolute Gasteiger partial charge is 0.221 e. The van der Waals surface area contributed by atoms with Crippen LogP contribution in [-0.4, -0.2) is 36.0 Å². The molecule has 30 heavy (non-hydrogen) atoms. The van der Waals surface area contributed by atoms with Gasteiger partial charge in [-0.05, 0) is 61.4 Å². The molecule has 2 aromatic carbocycles. The minimum Gasteiger partial charge on any atom is -0.351 e. The zero-order valence-electron chi connectivity index (χ0n) is 18.4. The number of rotatable bonds is 3. The number of carbonyl (C=O) groups excluding carboxylic acids is 1. The molecule has 0 unspecified atom stereocenters. The summed E-state index contributed by atoms with van der Waals surface area (Å²) in [7, 11) is 0. The highest BCUT2D eigenvalue weighted by molar-refractivity contribution is 5.94.